The minimum Gasteiger partial charge on any atom is -0.393 e. The summed E-state index contributed by atoms with van der Waals surface area (Å²) in [5.41, 5.74) is 5.18. The summed E-state index contributed by atoms with van der Waals surface area (Å²) in [5.74, 6) is -1.29. The number of hydrogen-bond donors (Lipinski definition) is 2. The second kappa shape index (κ2) is 15.1. The SMILES string of the molecule is CC(C)(C)C(O)CC(O)CCc1ccc(-n2c3ccccc3c3ccccc32)cc1.Fc1c[c-]c(-c2ccccn2)c(F)c1.[Pt]. The van der Waals surface area contributed by atoms with Crippen molar-refractivity contribution in [2.24, 2.45) is 5.41 Å². The van der Waals surface area contributed by atoms with Crippen molar-refractivity contribution < 1.29 is 40.1 Å². The van der Waals surface area contributed by atoms with Crippen LogP contribution < -0.4 is 0 Å². The molecule has 0 spiro atoms. The Kier molecular flexibility index (Phi) is 11.4. The van der Waals surface area contributed by atoms with E-state index < -0.39 is 23.8 Å². The van der Waals surface area contributed by atoms with Gasteiger partial charge in [0.05, 0.1) is 23.2 Å². The summed E-state index contributed by atoms with van der Waals surface area (Å²) in [6.45, 7) is 5.99. The maximum Gasteiger partial charge on any atom is 0.0613 e. The number of para-hydroxylation sites is 2. The molecule has 2 N–H and O–H groups in total. The van der Waals surface area contributed by atoms with Gasteiger partial charge in [-0.2, -0.15) is 0 Å². The van der Waals surface area contributed by atoms with Crippen molar-refractivity contribution in [3.63, 3.8) is 0 Å². The molecule has 4 nitrogen and oxygen atoms in total. The predicted molar refractivity (Wildman–Crippen MR) is 174 cm³/mol. The minimum absolute atomic E-state index is 0. The summed E-state index contributed by atoms with van der Waals surface area (Å²) in [7, 11) is 0. The van der Waals surface area contributed by atoms with Crippen molar-refractivity contribution in [3.05, 3.63) is 133 Å². The average molecular weight is 787 g/mol. The number of fused-ring (bicyclic) bond motifs is 3. The van der Waals surface area contributed by atoms with Gasteiger partial charge in [0, 0.05) is 55.4 Å². The molecule has 2 aromatic heterocycles. The van der Waals surface area contributed by atoms with Crippen LogP contribution in [0.4, 0.5) is 8.78 Å². The zero-order valence-electron chi connectivity index (χ0n) is 25.5. The van der Waals surface area contributed by atoms with Gasteiger partial charge in [-0.3, -0.25) is 8.78 Å². The number of aromatic nitrogens is 2. The van der Waals surface area contributed by atoms with Gasteiger partial charge in [0.1, 0.15) is 0 Å². The van der Waals surface area contributed by atoms with Crippen molar-refractivity contribution in [1.82, 2.24) is 9.55 Å². The van der Waals surface area contributed by atoms with Gasteiger partial charge in [0.25, 0.3) is 0 Å². The van der Waals surface area contributed by atoms with Gasteiger partial charge in [-0.05, 0) is 66.3 Å². The number of aliphatic hydroxyl groups is 2. The van der Waals surface area contributed by atoms with Gasteiger partial charge >= 0.3 is 0 Å². The molecule has 6 aromatic rings. The summed E-state index contributed by atoms with van der Waals surface area (Å²) in [6, 6.07) is 35.2. The number of aryl methyl sites for hydroxylation is 1. The Balaban J connectivity index is 0.000000258. The molecule has 7 heteroatoms. The molecule has 2 heterocycles. The Bertz CT molecular complexity index is 1780. The molecule has 2 atom stereocenters. The van der Waals surface area contributed by atoms with E-state index in [0.717, 1.165) is 24.2 Å². The van der Waals surface area contributed by atoms with Gasteiger partial charge in [0.2, 0.25) is 0 Å². The van der Waals surface area contributed by atoms with E-state index in [1.54, 1.807) is 24.4 Å². The fraction of sp³-hybridized carbons (Fsp3) is 0.237. The Morgan fingerprint density at radius 3 is 1.98 bits per heavy atom. The Morgan fingerprint density at radius 2 is 1.42 bits per heavy atom. The van der Waals surface area contributed by atoms with Crippen molar-refractivity contribution >= 4 is 21.8 Å². The molecule has 4 aromatic carbocycles. The quantitative estimate of drug-likeness (QED) is 0.159. The minimum atomic E-state index is -0.649. The van der Waals surface area contributed by atoms with Gasteiger partial charge in [-0.1, -0.05) is 93.1 Å². The zero-order chi connectivity index (χ0) is 31.3. The van der Waals surface area contributed by atoms with Crippen LogP contribution in [0.3, 0.4) is 0 Å². The topological polar surface area (TPSA) is 58.3 Å². The molecule has 0 saturated carbocycles. The number of pyridine rings is 1. The second-order valence-electron chi connectivity index (χ2n) is 12.1. The third-order valence-corrected chi connectivity index (χ3v) is 7.81. The number of aliphatic hydroxyl groups excluding tert-OH is 2. The molecule has 45 heavy (non-hydrogen) atoms. The van der Waals surface area contributed by atoms with E-state index in [4.69, 9.17) is 0 Å². The van der Waals surface area contributed by atoms with E-state index in [1.165, 1.54) is 27.4 Å². The van der Waals surface area contributed by atoms with Crippen LogP contribution in [0.5, 0.6) is 0 Å². The Morgan fingerprint density at radius 1 is 0.822 bits per heavy atom. The number of benzene rings is 4. The van der Waals surface area contributed by atoms with Crippen LogP contribution in [0.1, 0.15) is 39.2 Å². The fourth-order valence-electron chi connectivity index (χ4n) is 5.23. The molecule has 6 rings (SSSR count). The van der Waals surface area contributed by atoms with Crippen LogP contribution in [0, 0.1) is 23.1 Å². The van der Waals surface area contributed by atoms with Crippen molar-refractivity contribution in [2.75, 3.05) is 0 Å². The summed E-state index contributed by atoms with van der Waals surface area (Å²) >= 11 is 0. The molecule has 0 saturated heterocycles. The molecule has 0 aliphatic rings. The van der Waals surface area contributed by atoms with Crippen molar-refractivity contribution in [2.45, 2.75) is 52.2 Å². The van der Waals surface area contributed by atoms with E-state index >= 15 is 0 Å². The van der Waals surface area contributed by atoms with Crippen LogP contribution in [0.25, 0.3) is 38.8 Å². The number of rotatable bonds is 7. The first-order valence-corrected chi connectivity index (χ1v) is 14.8. The first kappa shape index (κ1) is 34.2. The van der Waals surface area contributed by atoms with Crippen LogP contribution in [-0.2, 0) is 27.5 Å². The normalized spacial score (nSPS) is 12.7. The molecular weight excluding hydrogens is 750 g/mol. The van der Waals surface area contributed by atoms with Gasteiger partial charge < -0.3 is 19.8 Å². The summed E-state index contributed by atoms with van der Waals surface area (Å²) in [6.07, 6.45) is 2.43. The van der Waals surface area contributed by atoms with Crippen LogP contribution in [0.2, 0.25) is 0 Å². The smallest absolute Gasteiger partial charge is 0.0613 e. The number of nitrogens with zero attached hydrogens (tertiary/aromatic N) is 2. The number of hydrogen-bond acceptors (Lipinski definition) is 3. The third-order valence-electron chi connectivity index (χ3n) is 7.81. The van der Waals surface area contributed by atoms with E-state index in [1.807, 2.05) is 20.8 Å². The summed E-state index contributed by atoms with van der Waals surface area (Å²) < 4.78 is 28.1. The number of halogens is 2. The molecular formula is C38H37F2N2O2Pt-. The van der Waals surface area contributed by atoms with Crippen LogP contribution in [-0.4, -0.2) is 32.0 Å². The standard InChI is InChI=1S/C27H31NO2.C11H6F2N.Pt/c1-27(2,3)26(30)18-21(29)17-14-19-12-15-20(16-13-19)28-24-10-6-4-8-22(24)23-9-5-7-11-25(23)28;12-8-4-5-9(10(13)7-8)11-3-1-2-6-14-11;/h4-13,15-16,21,26,29-30H,14,17-18H2,1-3H3;1-4,6-7H;/q;-1;. The molecule has 236 valence electrons. The Labute approximate surface area is 277 Å². The molecule has 0 amide bonds. The molecule has 2 unspecified atom stereocenters. The average Bonchev–Trinajstić information content (AvgIpc) is 3.35. The largest absolute Gasteiger partial charge is 0.393 e. The molecule has 0 aliphatic carbocycles. The van der Waals surface area contributed by atoms with E-state index in [9.17, 15) is 19.0 Å². The predicted octanol–water partition coefficient (Wildman–Crippen LogP) is 8.70. The van der Waals surface area contributed by atoms with E-state index in [2.05, 4.69) is 88.4 Å². The Hall–Kier alpha value is -3.70. The van der Waals surface area contributed by atoms with Crippen LogP contribution in [0.15, 0.2) is 109 Å². The summed E-state index contributed by atoms with van der Waals surface area (Å²) in [5, 5.41) is 23.1. The first-order chi connectivity index (χ1) is 21.1. The molecule has 0 aliphatic heterocycles. The fourth-order valence-corrected chi connectivity index (χ4v) is 5.23. The van der Waals surface area contributed by atoms with Crippen molar-refractivity contribution in [1.29, 1.82) is 0 Å². The monoisotopic (exact) mass is 786 g/mol. The maximum atomic E-state index is 13.2. The summed E-state index contributed by atoms with van der Waals surface area (Å²) in [4.78, 5) is 3.95. The zero-order valence-corrected chi connectivity index (χ0v) is 27.8. The van der Waals surface area contributed by atoms with Gasteiger partial charge in [-0.15, -0.1) is 12.1 Å². The van der Waals surface area contributed by atoms with E-state index in [-0.39, 0.29) is 32.0 Å². The first-order valence-electron chi connectivity index (χ1n) is 14.8. The third kappa shape index (κ3) is 8.32. The second-order valence-corrected chi connectivity index (χ2v) is 12.1. The maximum absolute atomic E-state index is 13.2. The molecule has 0 fully saturated rings. The van der Waals surface area contributed by atoms with E-state index in [0.29, 0.717) is 18.5 Å². The molecule has 0 radical (unpaired) electrons. The molecule has 0 bridgehead atoms. The van der Waals surface area contributed by atoms with Gasteiger partial charge in [0.15, 0.2) is 0 Å². The van der Waals surface area contributed by atoms with Crippen molar-refractivity contribution in [3.8, 4) is 16.9 Å². The van der Waals surface area contributed by atoms with Gasteiger partial charge in [-0.25, -0.2) is 0 Å². The van der Waals surface area contributed by atoms with Crippen LogP contribution >= 0.6 is 0 Å².